The van der Waals surface area contributed by atoms with E-state index in [1.807, 2.05) is 5.48 Å². The van der Waals surface area contributed by atoms with Crippen LogP contribution in [0.4, 0.5) is 4.39 Å². The molecule has 60 valence electrons. The van der Waals surface area contributed by atoms with Gasteiger partial charge in [-0.25, -0.2) is 9.87 Å². The van der Waals surface area contributed by atoms with E-state index in [4.69, 9.17) is 5.21 Å². The number of hydrogen-bond donors (Lipinski definition) is 2. The minimum absolute atomic E-state index is 0.146. The molecule has 1 aromatic rings. The Morgan fingerprint density at radius 3 is 2.91 bits per heavy atom. The van der Waals surface area contributed by atoms with Gasteiger partial charge in [0.1, 0.15) is 5.82 Å². The van der Waals surface area contributed by atoms with Crippen molar-refractivity contribution in [2.75, 3.05) is 0 Å². The Kier molecular flexibility index (Phi) is 2.57. The Morgan fingerprint density at radius 2 is 2.27 bits per heavy atom. The maximum absolute atomic E-state index is 13.0. The number of nitrogens with one attached hydrogen (secondary N) is 1. The smallest absolute Gasteiger partial charge is 0.130 e. The summed E-state index contributed by atoms with van der Waals surface area (Å²) in [6.07, 6.45) is 0. The van der Waals surface area contributed by atoms with Gasteiger partial charge in [0, 0.05) is 12.1 Å². The van der Waals surface area contributed by atoms with Crippen LogP contribution in [0.15, 0.2) is 18.2 Å². The van der Waals surface area contributed by atoms with Gasteiger partial charge in [-0.15, -0.1) is 0 Å². The first kappa shape index (κ1) is 8.17. The second-order valence-electron chi connectivity index (χ2n) is 2.38. The van der Waals surface area contributed by atoms with E-state index in [0.717, 1.165) is 0 Å². The fourth-order valence-corrected chi connectivity index (χ4v) is 0.930. The van der Waals surface area contributed by atoms with E-state index in [1.165, 1.54) is 0 Å². The Hall–Kier alpha value is -0.930. The van der Waals surface area contributed by atoms with Crippen molar-refractivity contribution in [1.82, 2.24) is 5.48 Å². The lowest BCUT2D eigenvalue weighted by atomic mass is 10.1. The summed E-state index contributed by atoms with van der Waals surface area (Å²) in [5.41, 5.74) is 2.99. The number of halogens is 1. The lowest BCUT2D eigenvalue weighted by Crippen LogP contribution is -2.08. The van der Waals surface area contributed by atoms with Crippen LogP contribution in [0.1, 0.15) is 11.1 Å². The number of hydrogen-bond acceptors (Lipinski definition) is 2. The second-order valence-corrected chi connectivity index (χ2v) is 2.38. The van der Waals surface area contributed by atoms with Crippen LogP contribution in [0, 0.1) is 12.7 Å². The maximum atomic E-state index is 13.0. The molecule has 0 aromatic heterocycles. The average molecular weight is 155 g/mol. The van der Waals surface area contributed by atoms with Gasteiger partial charge in [-0.2, -0.15) is 0 Å². The fourth-order valence-electron chi connectivity index (χ4n) is 0.930. The third kappa shape index (κ3) is 1.76. The Balaban J connectivity index is 2.96. The van der Waals surface area contributed by atoms with Gasteiger partial charge in [0.05, 0.1) is 0 Å². The van der Waals surface area contributed by atoms with Crippen LogP contribution in [-0.2, 0) is 6.54 Å². The summed E-state index contributed by atoms with van der Waals surface area (Å²) in [6.45, 7) is 1.84. The van der Waals surface area contributed by atoms with Crippen LogP contribution in [0.25, 0.3) is 0 Å². The van der Waals surface area contributed by atoms with E-state index in [-0.39, 0.29) is 12.4 Å². The Labute approximate surface area is 64.6 Å². The van der Waals surface area contributed by atoms with Gasteiger partial charge in [0.2, 0.25) is 0 Å². The molecule has 0 unspecified atom stereocenters. The highest BCUT2D eigenvalue weighted by molar-refractivity contribution is 5.24. The van der Waals surface area contributed by atoms with Crippen molar-refractivity contribution in [2.24, 2.45) is 0 Å². The summed E-state index contributed by atoms with van der Waals surface area (Å²) in [4.78, 5) is 0. The molecule has 0 saturated carbocycles. The quantitative estimate of drug-likeness (QED) is 0.636. The highest BCUT2D eigenvalue weighted by atomic mass is 19.1. The first-order valence-corrected chi connectivity index (χ1v) is 3.36. The zero-order chi connectivity index (χ0) is 8.27. The molecule has 2 N–H and O–H groups in total. The summed E-state index contributed by atoms with van der Waals surface area (Å²) in [6, 6.07) is 5.08. The zero-order valence-corrected chi connectivity index (χ0v) is 6.26. The average Bonchev–Trinajstić information content (AvgIpc) is 1.99. The molecule has 0 aliphatic carbocycles. The van der Waals surface area contributed by atoms with Gasteiger partial charge >= 0.3 is 0 Å². The molecule has 3 heteroatoms. The number of rotatable bonds is 2. The molecule has 0 saturated heterocycles. The fraction of sp³-hybridized carbons (Fsp3) is 0.250. The molecular formula is C8H10FNO. The third-order valence-corrected chi connectivity index (χ3v) is 1.54. The van der Waals surface area contributed by atoms with Crippen LogP contribution in [0.5, 0.6) is 0 Å². The van der Waals surface area contributed by atoms with Crippen LogP contribution in [0.2, 0.25) is 0 Å². The van der Waals surface area contributed by atoms with Gasteiger partial charge in [0.15, 0.2) is 0 Å². The predicted molar refractivity (Wildman–Crippen MR) is 39.8 cm³/mol. The first-order chi connectivity index (χ1) is 5.25. The highest BCUT2D eigenvalue weighted by Gasteiger charge is 2.02. The Morgan fingerprint density at radius 1 is 1.55 bits per heavy atom. The van der Waals surface area contributed by atoms with Crippen LogP contribution < -0.4 is 5.48 Å². The van der Waals surface area contributed by atoms with Crippen LogP contribution in [-0.4, -0.2) is 5.21 Å². The summed E-state index contributed by atoms with van der Waals surface area (Å²) in [5.74, 6) is -0.256. The van der Waals surface area contributed by atoms with Crippen LogP contribution >= 0.6 is 0 Å². The van der Waals surface area contributed by atoms with Crippen LogP contribution in [0.3, 0.4) is 0 Å². The topological polar surface area (TPSA) is 32.3 Å². The highest BCUT2D eigenvalue weighted by Crippen LogP contribution is 2.10. The standard InChI is InChI=1S/C8H10FNO/c1-6-3-2-4-7(5-10-11)8(6)9/h2-4,10-11H,5H2,1H3. The molecule has 0 spiro atoms. The molecule has 2 nitrogen and oxygen atoms in total. The molecule has 0 bridgehead atoms. The van der Waals surface area contributed by atoms with Crippen molar-refractivity contribution in [3.8, 4) is 0 Å². The maximum Gasteiger partial charge on any atom is 0.130 e. The zero-order valence-electron chi connectivity index (χ0n) is 6.26. The molecule has 0 heterocycles. The van der Waals surface area contributed by atoms with Crippen molar-refractivity contribution in [3.05, 3.63) is 35.1 Å². The summed E-state index contributed by atoms with van der Waals surface area (Å²) >= 11 is 0. The lowest BCUT2D eigenvalue weighted by molar-refractivity contribution is 0.160. The van der Waals surface area contributed by atoms with E-state index < -0.39 is 0 Å². The van der Waals surface area contributed by atoms with Crippen molar-refractivity contribution in [3.63, 3.8) is 0 Å². The van der Waals surface area contributed by atoms with E-state index in [2.05, 4.69) is 0 Å². The van der Waals surface area contributed by atoms with Gasteiger partial charge in [-0.3, -0.25) is 0 Å². The van der Waals surface area contributed by atoms with Gasteiger partial charge in [-0.05, 0) is 12.5 Å². The summed E-state index contributed by atoms with van der Waals surface area (Å²) in [7, 11) is 0. The van der Waals surface area contributed by atoms with Crippen molar-refractivity contribution in [2.45, 2.75) is 13.5 Å². The molecule has 0 aliphatic rings. The monoisotopic (exact) mass is 155 g/mol. The molecular weight excluding hydrogens is 145 g/mol. The number of aryl methyl sites for hydroxylation is 1. The number of hydroxylamine groups is 1. The van der Waals surface area contributed by atoms with Gasteiger partial charge in [0.25, 0.3) is 0 Å². The molecule has 0 amide bonds. The SMILES string of the molecule is Cc1cccc(CNO)c1F. The van der Waals surface area contributed by atoms with Gasteiger partial charge in [-0.1, -0.05) is 18.2 Å². The minimum atomic E-state index is -0.256. The predicted octanol–water partition coefficient (Wildman–Crippen LogP) is 1.61. The molecule has 0 atom stereocenters. The molecule has 0 aliphatic heterocycles. The van der Waals surface area contributed by atoms with Gasteiger partial charge < -0.3 is 5.21 Å². The largest absolute Gasteiger partial charge is 0.316 e. The molecule has 1 rings (SSSR count). The minimum Gasteiger partial charge on any atom is -0.316 e. The normalized spacial score (nSPS) is 10.1. The van der Waals surface area contributed by atoms with Crippen molar-refractivity contribution < 1.29 is 9.60 Å². The van der Waals surface area contributed by atoms with E-state index in [1.54, 1.807) is 25.1 Å². The second kappa shape index (κ2) is 3.46. The lowest BCUT2D eigenvalue weighted by Gasteiger charge is -2.02. The molecule has 1 aromatic carbocycles. The van der Waals surface area contributed by atoms with E-state index >= 15 is 0 Å². The summed E-state index contributed by atoms with van der Waals surface area (Å²) in [5, 5.41) is 8.32. The molecule has 11 heavy (non-hydrogen) atoms. The number of benzene rings is 1. The van der Waals surface area contributed by atoms with E-state index in [9.17, 15) is 4.39 Å². The third-order valence-electron chi connectivity index (χ3n) is 1.54. The summed E-state index contributed by atoms with van der Waals surface area (Å²) < 4.78 is 13.0. The Bertz CT molecular complexity index is 250. The first-order valence-electron chi connectivity index (χ1n) is 3.36. The molecule has 0 fully saturated rings. The van der Waals surface area contributed by atoms with E-state index in [0.29, 0.717) is 11.1 Å². The van der Waals surface area contributed by atoms with Crippen molar-refractivity contribution in [1.29, 1.82) is 0 Å². The molecule has 0 radical (unpaired) electrons. The van der Waals surface area contributed by atoms with Crippen molar-refractivity contribution >= 4 is 0 Å².